The van der Waals surface area contributed by atoms with Crippen LogP contribution in [0.1, 0.15) is 19.4 Å². The number of rotatable bonds is 4. The van der Waals surface area contributed by atoms with Gasteiger partial charge in [-0.05, 0) is 39.0 Å². The minimum atomic E-state index is -1.36. The molecule has 1 N–H and O–H groups in total. The number of allylic oxidation sites excluding steroid dienone is 2. The summed E-state index contributed by atoms with van der Waals surface area (Å²) in [6, 6.07) is 7.44. The lowest BCUT2D eigenvalue weighted by molar-refractivity contribution is 0.128. The van der Waals surface area contributed by atoms with Crippen molar-refractivity contribution in [3.05, 3.63) is 53.5 Å². The van der Waals surface area contributed by atoms with Crippen molar-refractivity contribution in [2.24, 2.45) is 0 Å². The van der Waals surface area contributed by atoms with Crippen molar-refractivity contribution in [2.45, 2.75) is 31.3 Å². The monoisotopic (exact) mass is 250 g/mol. The highest BCUT2D eigenvalue weighted by atomic mass is 32.2. The second-order valence-electron chi connectivity index (χ2n) is 4.41. The maximum Gasteiger partial charge on any atom is 0.0927 e. The largest absolute Gasteiger partial charge is 0.385 e. The topological polar surface area (TPSA) is 37.3 Å². The van der Waals surface area contributed by atoms with Crippen LogP contribution in [0.4, 0.5) is 0 Å². The molecule has 1 rings (SSSR count). The molecule has 0 aromatic heterocycles. The third-order valence-electron chi connectivity index (χ3n) is 2.31. The van der Waals surface area contributed by atoms with Crippen molar-refractivity contribution < 1.29 is 9.32 Å². The summed E-state index contributed by atoms with van der Waals surface area (Å²) < 4.78 is 12.3. The van der Waals surface area contributed by atoms with E-state index in [0.717, 1.165) is 5.56 Å². The molecule has 0 aliphatic carbocycles. The molecule has 0 saturated heterocycles. The molecule has 1 atom stereocenters. The lowest BCUT2D eigenvalue weighted by atomic mass is 10.1. The molecule has 0 saturated carbocycles. The Hall–Kier alpha value is -1.19. The SMILES string of the molecule is C=C/C=C(/S(=O)c1ccc(C)cc1)C(C)(C)O. The lowest BCUT2D eigenvalue weighted by Crippen LogP contribution is -2.25. The van der Waals surface area contributed by atoms with Crippen LogP contribution in [-0.4, -0.2) is 14.9 Å². The average Bonchev–Trinajstić information content (AvgIpc) is 2.24. The van der Waals surface area contributed by atoms with Gasteiger partial charge in [0.2, 0.25) is 0 Å². The van der Waals surface area contributed by atoms with Gasteiger partial charge in [0.05, 0.1) is 21.3 Å². The standard InChI is InChI=1S/C14H18O2S/c1-5-6-13(14(3,4)15)17(16)12-9-7-11(2)8-10-12/h5-10,15H,1H2,2-4H3/b13-6+. The van der Waals surface area contributed by atoms with Gasteiger partial charge in [-0.25, -0.2) is 4.21 Å². The summed E-state index contributed by atoms with van der Waals surface area (Å²) in [5.74, 6) is 0. The van der Waals surface area contributed by atoms with Gasteiger partial charge >= 0.3 is 0 Å². The Labute approximate surface area is 105 Å². The molecule has 1 unspecified atom stereocenters. The van der Waals surface area contributed by atoms with E-state index in [9.17, 15) is 9.32 Å². The molecule has 3 heteroatoms. The molecule has 0 heterocycles. The first-order valence-electron chi connectivity index (χ1n) is 5.40. The zero-order chi connectivity index (χ0) is 13.1. The van der Waals surface area contributed by atoms with Gasteiger partial charge in [-0.15, -0.1) is 0 Å². The first kappa shape index (κ1) is 13.9. The van der Waals surface area contributed by atoms with E-state index in [4.69, 9.17) is 0 Å². The van der Waals surface area contributed by atoms with E-state index >= 15 is 0 Å². The van der Waals surface area contributed by atoms with Gasteiger partial charge in [0.15, 0.2) is 0 Å². The second kappa shape index (κ2) is 5.43. The highest BCUT2D eigenvalue weighted by Gasteiger charge is 2.25. The molecular formula is C14H18O2S. The Balaban J connectivity index is 3.14. The second-order valence-corrected chi connectivity index (χ2v) is 5.86. The van der Waals surface area contributed by atoms with Gasteiger partial charge < -0.3 is 5.11 Å². The normalized spacial score (nSPS) is 14.5. The molecule has 92 valence electrons. The summed E-state index contributed by atoms with van der Waals surface area (Å²) in [5, 5.41) is 9.99. The van der Waals surface area contributed by atoms with Gasteiger partial charge in [0.1, 0.15) is 0 Å². The van der Waals surface area contributed by atoms with Gasteiger partial charge in [-0.1, -0.05) is 30.4 Å². The third kappa shape index (κ3) is 3.65. The minimum absolute atomic E-state index is 0.455. The highest BCUT2D eigenvalue weighted by molar-refractivity contribution is 7.89. The van der Waals surface area contributed by atoms with Crippen LogP contribution < -0.4 is 0 Å². The van der Waals surface area contributed by atoms with Crippen LogP contribution in [0.2, 0.25) is 0 Å². The van der Waals surface area contributed by atoms with E-state index in [1.165, 1.54) is 0 Å². The predicted octanol–water partition coefficient (Wildman–Crippen LogP) is 2.94. The molecule has 0 aliphatic heterocycles. The van der Waals surface area contributed by atoms with E-state index in [1.54, 1.807) is 26.0 Å². The number of hydrogen-bond acceptors (Lipinski definition) is 2. The molecule has 0 spiro atoms. The van der Waals surface area contributed by atoms with Crippen molar-refractivity contribution in [1.29, 1.82) is 0 Å². The summed E-state index contributed by atoms with van der Waals surface area (Å²) in [5.41, 5.74) is -0.00697. The summed E-state index contributed by atoms with van der Waals surface area (Å²) in [7, 11) is -1.36. The Bertz CT molecular complexity index is 450. The predicted molar refractivity (Wildman–Crippen MR) is 72.2 cm³/mol. The van der Waals surface area contributed by atoms with E-state index in [1.807, 2.05) is 31.2 Å². The zero-order valence-corrected chi connectivity index (χ0v) is 11.3. The fourth-order valence-corrected chi connectivity index (χ4v) is 2.70. The Kier molecular flexibility index (Phi) is 4.43. The summed E-state index contributed by atoms with van der Waals surface area (Å²) >= 11 is 0. The summed E-state index contributed by atoms with van der Waals surface area (Å²) in [6.07, 6.45) is 3.15. The van der Waals surface area contributed by atoms with Crippen LogP contribution in [0, 0.1) is 6.92 Å². The van der Waals surface area contributed by atoms with Crippen LogP contribution in [0.5, 0.6) is 0 Å². The Morgan fingerprint density at radius 1 is 1.35 bits per heavy atom. The fraction of sp³-hybridized carbons (Fsp3) is 0.286. The first-order valence-corrected chi connectivity index (χ1v) is 6.55. The van der Waals surface area contributed by atoms with Crippen LogP contribution in [-0.2, 0) is 10.8 Å². The lowest BCUT2D eigenvalue weighted by Gasteiger charge is -2.20. The highest BCUT2D eigenvalue weighted by Crippen LogP contribution is 2.24. The van der Waals surface area contributed by atoms with Gasteiger partial charge in [-0.3, -0.25) is 0 Å². The van der Waals surface area contributed by atoms with Crippen molar-refractivity contribution in [3.63, 3.8) is 0 Å². The fourth-order valence-electron chi connectivity index (χ4n) is 1.39. The number of aliphatic hydroxyl groups is 1. The van der Waals surface area contributed by atoms with Crippen LogP contribution >= 0.6 is 0 Å². The van der Waals surface area contributed by atoms with Crippen molar-refractivity contribution >= 4 is 10.8 Å². The van der Waals surface area contributed by atoms with Crippen LogP contribution in [0.3, 0.4) is 0 Å². The quantitative estimate of drug-likeness (QED) is 0.834. The van der Waals surface area contributed by atoms with Crippen LogP contribution in [0.15, 0.2) is 52.8 Å². The summed E-state index contributed by atoms with van der Waals surface area (Å²) in [4.78, 5) is 1.14. The maximum absolute atomic E-state index is 12.3. The molecule has 2 nitrogen and oxygen atoms in total. The van der Waals surface area contributed by atoms with Crippen molar-refractivity contribution in [1.82, 2.24) is 0 Å². The van der Waals surface area contributed by atoms with Crippen molar-refractivity contribution in [2.75, 3.05) is 0 Å². The van der Waals surface area contributed by atoms with E-state index in [-0.39, 0.29) is 0 Å². The van der Waals surface area contributed by atoms with E-state index < -0.39 is 16.4 Å². The van der Waals surface area contributed by atoms with Crippen molar-refractivity contribution in [3.8, 4) is 0 Å². The van der Waals surface area contributed by atoms with Crippen LogP contribution in [0.25, 0.3) is 0 Å². The molecule has 0 aliphatic rings. The van der Waals surface area contributed by atoms with Gasteiger partial charge in [0.25, 0.3) is 0 Å². The number of aryl methyl sites for hydroxylation is 1. The van der Waals surface area contributed by atoms with E-state index in [2.05, 4.69) is 6.58 Å². The molecule has 0 bridgehead atoms. The third-order valence-corrected chi connectivity index (χ3v) is 4.04. The molecule has 1 aromatic carbocycles. The first-order chi connectivity index (χ1) is 7.86. The minimum Gasteiger partial charge on any atom is -0.385 e. The Morgan fingerprint density at radius 3 is 2.29 bits per heavy atom. The van der Waals surface area contributed by atoms with Gasteiger partial charge in [-0.2, -0.15) is 0 Å². The molecule has 17 heavy (non-hydrogen) atoms. The molecule has 1 aromatic rings. The molecule has 0 fully saturated rings. The Morgan fingerprint density at radius 2 is 1.88 bits per heavy atom. The summed E-state index contributed by atoms with van der Waals surface area (Å²) in [6.45, 7) is 8.80. The molecule has 0 amide bonds. The smallest absolute Gasteiger partial charge is 0.0927 e. The average molecular weight is 250 g/mol. The molecular weight excluding hydrogens is 232 g/mol. The number of hydrogen-bond donors (Lipinski definition) is 1. The van der Waals surface area contributed by atoms with E-state index in [0.29, 0.717) is 9.80 Å². The number of benzene rings is 1. The van der Waals surface area contributed by atoms with Gasteiger partial charge in [0, 0.05) is 4.90 Å². The zero-order valence-electron chi connectivity index (χ0n) is 10.4. The maximum atomic E-state index is 12.3. The molecule has 0 radical (unpaired) electrons.